The molecule has 0 aliphatic rings. The van der Waals surface area contributed by atoms with Gasteiger partial charge in [0.15, 0.2) is 0 Å². The Morgan fingerprint density at radius 3 is 2.73 bits per heavy atom. The quantitative estimate of drug-likeness (QED) is 0.724. The van der Waals surface area contributed by atoms with Crippen LogP contribution < -0.4 is 0 Å². The van der Waals surface area contributed by atoms with E-state index < -0.39 is 0 Å². The average molecular weight is 237 g/mol. The predicted octanol–water partition coefficient (Wildman–Crippen LogP) is 4.16. The van der Waals surface area contributed by atoms with Crippen LogP contribution in [0.5, 0.6) is 0 Å². The van der Waals surface area contributed by atoms with E-state index in [0.717, 1.165) is 11.3 Å². The summed E-state index contributed by atoms with van der Waals surface area (Å²) in [4.78, 5) is 1.12. The highest BCUT2D eigenvalue weighted by molar-refractivity contribution is 9.11. The van der Waals surface area contributed by atoms with Gasteiger partial charge < -0.3 is 0 Å². The molecule has 1 heterocycles. The summed E-state index contributed by atoms with van der Waals surface area (Å²) in [6, 6.07) is 1.61. The summed E-state index contributed by atoms with van der Waals surface area (Å²) < 4.78 is 13.4. The van der Waals surface area contributed by atoms with Gasteiger partial charge >= 0.3 is 0 Å². The normalized spacial score (nSPS) is 13.5. The van der Waals surface area contributed by atoms with Crippen molar-refractivity contribution in [3.05, 3.63) is 20.5 Å². The molecule has 0 saturated heterocycles. The molecule has 1 rings (SSSR count). The summed E-state index contributed by atoms with van der Waals surface area (Å²) in [5.74, 6) is 0.339. The molecule has 0 N–H and O–H groups in total. The highest BCUT2D eigenvalue weighted by Crippen LogP contribution is 2.32. The Bertz CT molecular complexity index is 225. The van der Waals surface area contributed by atoms with Crippen molar-refractivity contribution in [2.24, 2.45) is 0 Å². The third-order valence-corrected chi connectivity index (χ3v) is 3.76. The lowest BCUT2D eigenvalue weighted by molar-refractivity contribution is 0.624. The topological polar surface area (TPSA) is 0 Å². The molecule has 1 atom stereocenters. The van der Waals surface area contributed by atoms with E-state index in [1.54, 1.807) is 6.07 Å². The minimum absolute atomic E-state index is 0.134. The standard InChI is InChI=1S/C8H10BrFS/c1-3-5(2)7-4-6(10)8(9)11-7/h4-5H,3H2,1-2H3. The number of hydrogen-bond donors (Lipinski definition) is 0. The van der Waals surface area contributed by atoms with Crippen molar-refractivity contribution in [2.75, 3.05) is 0 Å². The van der Waals surface area contributed by atoms with Gasteiger partial charge in [-0.05, 0) is 34.3 Å². The fraction of sp³-hybridized carbons (Fsp3) is 0.500. The molecule has 3 heteroatoms. The molecule has 0 saturated carbocycles. The average Bonchev–Trinajstić information content (AvgIpc) is 2.31. The van der Waals surface area contributed by atoms with Gasteiger partial charge in [0.1, 0.15) is 9.60 Å². The van der Waals surface area contributed by atoms with Crippen LogP contribution in [0.2, 0.25) is 0 Å². The van der Waals surface area contributed by atoms with Gasteiger partial charge in [-0.2, -0.15) is 0 Å². The minimum atomic E-state index is -0.134. The van der Waals surface area contributed by atoms with Crippen LogP contribution in [0.15, 0.2) is 9.85 Å². The van der Waals surface area contributed by atoms with E-state index in [2.05, 4.69) is 29.8 Å². The molecule has 62 valence electrons. The van der Waals surface area contributed by atoms with E-state index in [1.165, 1.54) is 11.3 Å². The number of halogens is 2. The lowest BCUT2D eigenvalue weighted by atomic mass is 10.1. The molecule has 0 aromatic carbocycles. The molecule has 1 aromatic heterocycles. The summed E-state index contributed by atoms with van der Waals surface area (Å²) in [5.41, 5.74) is 0. The molecule has 0 bridgehead atoms. The second-order valence-corrected chi connectivity index (χ2v) is 4.98. The monoisotopic (exact) mass is 236 g/mol. The van der Waals surface area contributed by atoms with Gasteiger partial charge in [0.05, 0.1) is 0 Å². The molecular weight excluding hydrogens is 227 g/mol. The van der Waals surface area contributed by atoms with Crippen LogP contribution in [0.25, 0.3) is 0 Å². The number of rotatable bonds is 2. The maximum Gasteiger partial charge on any atom is 0.148 e. The maximum absolute atomic E-state index is 12.8. The Balaban J connectivity index is 2.88. The largest absolute Gasteiger partial charge is 0.205 e. The fourth-order valence-electron chi connectivity index (χ4n) is 0.807. The zero-order chi connectivity index (χ0) is 8.43. The Morgan fingerprint density at radius 2 is 2.36 bits per heavy atom. The second kappa shape index (κ2) is 3.68. The first kappa shape index (κ1) is 9.20. The highest BCUT2D eigenvalue weighted by Gasteiger charge is 2.10. The predicted molar refractivity (Wildman–Crippen MR) is 50.7 cm³/mol. The molecule has 0 fully saturated rings. The molecular formula is C8H10BrFS. The van der Waals surface area contributed by atoms with Gasteiger partial charge in [0.2, 0.25) is 0 Å². The Morgan fingerprint density at radius 1 is 1.73 bits per heavy atom. The van der Waals surface area contributed by atoms with Crippen LogP contribution >= 0.6 is 27.3 Å². The van der Waals surface area contributed by atoms with E-state index in [0.29, 0.717) is 9.70 Å². The van der Waals surface area contributed by atoms with Crippen molar-refractivity contribution in [1.29, 1.82) is 0 Å². The minimum Gasteiger partial charge on any atom is -0.205 e. The number of hydrogen-bond acceptors (Lipinski definition) is 1. The van der Waals surface area contributed by atoms with Gasteiger partial charge in [-0.15, -0.1) is 11.3 Å². The molecule has 0 nitrogen and oxygen atoms in total. The Hall–Kier alpha value is 0.110. The van der Waals surface area contributed by atoms with Gasteiger partial charge in [-0.3, -0.25) is 0 Å². The molecule has 1 aromatic rings. The smallest absolute Gasteiger partial charge is 0.148 e. The molecule has 0 radical (unpaired) electrons. The van der Waals surface area contributed by atoms with Crippen LogP contribution in [0.1, 0.15) is 31.1 Å². The molecule has 0 amide bonds. The fourth-order valence-corrected chi connectivity index (χ4v) is 2.38. The number of thiophene rings is 1. The van der Waals surface area contributed by atoms with Crippen molar-refractivity contribution in [3.8, 4) is 0 Å². The van der Waals surface area contributed by atoms with E-state index in [9.17, 15) is 4.39 Å². The Kier molecular flexibility index (Phi) is 3.07. The highest BCUT2D eigenvalue weighted by atomic mass is 79.9. The van der Waals surface area contributed by atoms with Crippen LogP contribution in [0.3, 0.4) is 0 Å². The lowest BCUT2D eigenvalue weighted by Crippen LogP contribution is -1.84. The molecule has 0 aliphatic heterocycles. The van der Waals surface area contributed by atoms with E-state index in [4.69, 9.17) is 0 Å². The van der Waals surface area contributed by atoms with Gasteiger partial charge in [-0.1, -0.05) is 13.8 Å². The van der Waals surface area contributed by atoms with E-state index in [1.807, 2.05) is 0 Å². The zero-order valence-electron chi connectivity index (χ0n) is 6.53. The summed E-state index contributed by atoms with van der Waals surface area (Å²) in [7, 11) is 0. The third-order valence-electron chi connectivity index (χ3n) is 1.76. The van der Waals surface area contributed by atoms with Gasteiger partial charge in [0.25, 0.3) is 0 Å². The zero-order valence-corrected chi connectivity index (χ0v) is 8.93. The SMILES string of the molecule is CCC(C)c1cc(F)c(Br)s1. The molecule has 11 heavy (non-hydrogen) atoms. The summed E-state index contributed by atoms with van der Waals surface area (Å²) in [5, 5.41) is 0. The van der Waals surface area contributed by atoms with Crippen molar-refractivity contribution < 1.29 is 4.39 Å². The first-order chi connectivity index (χ1) is 5.15. The molecule has 0 aliphatic carbocycles. The third kappa shape index (κ3) is 2.03. The van der Waals surface area contributed by atoms with Crippen LogP contribution in [0, 0.1) is 5.82 Å². The maximum atomic E-state index is 12.8. The van der Waals surface area contributed by atoms with Crippen LogP contribution in [-0.2, 0) is 0 Å². The van der Waals surface area contributed by atoms with E-state index >= 15 is 0 Å². The van der Waals surface area contributed by atoms with Crippen molar-refractivity contribution in [1.82, 2.24) is 0 Å². The molecule has 1 unspecified atom stereocenters. The van der Waals surface area contributed by atoms with Crippen molar-refractivity contribution >= 4 is 27.3 Å². The van der Waals surface area contributed by atoms with Crippen molar-refractivity contribution in [2.45, 2.75) is 26.2 Å². The summed E-state index contributed by atoms with van der Waals surface area (Å²) in [6.07, 6.45) is 1.06. The van der Waals surface area contributed by atoms with Crippen LogP contribution in [0.4, 0.5) is 4.39 Å². The first-order valence-corrected chi connectivity index (χ1v) is 5.20. The second-order valence-electron chi connectivity index (χ2n) is 2.58. The summed E-state index contributed by atoms with van der Waals surface area (Å²) >= 11 is 4.65. The van der Waals surface area contributed by atoms with Gasteiger partial charge in [-0.25, -0.2) is 4.39 Å². The molecule has 0 spiro atoms. The van der Waals surface area contributed by atoms with Gasteiger partial charge in [0, 0.05) is 4.88 Å². The van der Waals surface area contributed by atoms with E-state index in [-0.39, 0.29) is 5.82 Å². The lowest BCUT2D eigenvalue weighted by Gasteiger charge is -2.02. The summed E-state index contributed by atoms with van der Waals surface area (Å²) in [6.45, 7) is 4.22. The van der Waals surface area contributed by atoms with Crippen LogP contribution in [-0.4, -0.2) is 0 Å². The first-order valence-electron chi connectivity index (χ1n) is 3.59. The Labute approximate surface area is 78.6 Å². The van der Waals surface area contributed by atoms with Crippen molar-refractivity contribution in [3.63, 3.8) is 0 Å².